The quantitative estimate of drug-likeness (QED) is 0.851. The molecule has 7 heteroatoms. The zero-order valence-electron chi connectivity index (χ0n) is 14.2. The molecule has 2 fully saturated rings. The Hall–Kier alpha value is -1.47. The highest BCUT2D eigenvalue weighted by molar-refractivity contribution is 7.90. The lowest BCUT2D eigenvalue weighted by Crippen LogP contribution is -2.47. The second-order valence-electron chi connectivity index (χ2n) is 7.41. The van der Waals surface area contributed by atoms with Crippen molar-refractivity contribution in [2.45, 2.75) is 50.2 Å². The number of aromatic nitrogens is 3. The molecule has 1 saturated heterocycles. The van der Waals surface area contributed by atoms with Gasteiger partial charge in [-0.25, -0.2) is 12.7 Å². The minimum Gasteiger partial charge on any atom is -0.286 e. The van der Waals surface area contributed by atoms with Crippen molar-refractivity contribution in [2.24, 2.45) is 5.92 Å². The summed E-state index contributed by atoms with van der Waals surface area (Å²) in [4.78, 5) is 0. The van der Waals surface area contributed by atoms with Gasteiger partial charge in [-0.2, -0.15) is 0 Å². The maximum Gasteiger partial charge on any atom is 0.220 e. The summed E-state index contributed by atoms with van der Waals surface area (Å²) in [6.07, 6.45) is 5.37. The molecule has 0 radical (unpaired) electrons. The third-order valence-corrected chi connectivity index (χ3v) is 8.66. The van der Waals surface area contributed by atoms with Crippen molar-refractivity contribution in [3.8, 4) is 0 Å². The van der Waals surface area contributed by atoms with Crippen molar-refractivity contribution in [2.75, 3.05) is 13.1 Å². The van der Waals surface area contributed by atoms with E-state index in [0.29, 0.717) is 13.1 Å². The van der Waals surface area contributed by atoms with Crippen molar-refractivity contribution >= 4 is 15.7 Å². The van der Waals surface area contributed by atoms with Gasteiger partial charge in [-0.3, -0.25) is 4.40 Å². The molecule has 4 rings (SSSR count). The Balaban J connectivity index is 1.63. The van der Waals surface area contributed by atoms with E-state index in [9.17, 15) is 8.42 Å². The van der Waals surface area contributed by atoms with Gasteiger partial charge in [-0.15, -0.1) is 10.2 Å². The van der Waals surface area contributed by atoms with Gasteiger partial charge in [0.2, 0.25) is 10.0 Å². The topological polar surface area (TPSA) is 67.6 Å². The fourth-order valence-corrected chi connectivity index (χ4v) is 6.50. The summed E-state index contributed by atoms with van der Waals surface area (Å²) in [6, 6.07) is 5.81. The second-order valence-corrected chi connectivity index (χ2v) is 9.69. The number of hydrogen-bond acceptors (Lipinski definition) is 4. The molecule has 1 atom stereocenters. The lowest BCUT2D eigenvalue weighted by molar-refractivity contribution is 0.300. The standard InChI is InChI=1S/C17H24N4O2S/c1-13(2)17(8-9-17)24(22,23)20-10-5-6-14(12-20)16-19-18-15-7-3-4-11-21(15)16/h3-4,7,11,13-14H,5-6,8-10,12H2,1-2H3. The Labute approximate surface area is 142 Å². The molecular weight excluding hydrogens is 324 g/mol. The van der Waals surface area contributed by atoms with E-state index in [1.165, 1.54) is 0 Å². The second kappa shape index (κ2) is 5.52. The number of pyridine rings is 1. The summed E-state index contributed by atoms with van der Waals surface area (Å²) >= 11 is 0. The largest absolute Gasteiger partial charge is 0.286 e. The highest BCUT2D eigenvalue weighted by atomic mass is 32.2. The Bertz CT molecular complexity index is 854. The van der Waals surface area contributed by atoms with E-state index in [-0.39, 0.29) is 11.8 Å². The van der Waals surface area contributed by atoms with Crippen LogP contribution in [0.25, 0.3) is 5.65 Å². The molecule has 24 heavy (non-hydrogen) atoms. The molecule has 6 nitrogen and oxygen atoms in total. The van der Waals surface area contributed by atoms with E-state index in [2.05, 4.69) is 10.2 Å². The highest BCUT2D eigenvalue weighted by Gasteiger charge is 2.59. The summed E-state index contributed by atoms with van der Waals surface area (Å²) in [6.45, 7) is 5.20. The van der Waals surface area contributed by atoms with Crippen molar-refractivity contribution in [3.05, 3.63) is 30.2 Å². The molecule has 0 bridgehead atoms. The minimum atomic E-state index is -3.25. The summed E-state index contributed by atoms with van der Waals surface area (Å²) in [7, 11) is -3.25. The lowest BCUT2D eigenvalue weighted by atomic mass is 9.99. The monoisotopic (exact) mass is 348 g/mol. The van der Waals surface area contributed by atoms with E-state index in [0.717, 1.165) is 37.2 Å². The van der Waals surface area contributed by atoms with Crippen molar-refractivity contribution in [1.82, 2.24) is 18.9 Å². The van der Waals surface area contributed by atoms with Gasteiger partial charge in [0.05, 0.1) is 4.75 Å². The minimum absolute atomic E-state index is 0.105. The Morgan fingerprint density at radius 1 is 1.25 bits per heavy atom. The molecule has 130 valence electrons. The summed E-state index contributed by atoms with van der Waals surface area (Å²) in [5.41, 5.74) is 0.813. The SMILES string of the molecule is CC(C)C1(S(=O)(=O)N2CCCC(c3nnc4ccccn34)C2)CC1. The van der Waals surface area contributed by atoms with Crippen LogP contribution in [0.1, 0.15) is 51.3 Å². The first-order valence-electron chi connectivity index (χ1n) is 8.75. The summed E-state index contributed by atoms with van der Waals surface area (Å²) in [5, 5.41) is 8.56. The predicted octanol–water partition coefficient (Wildman–Crippen LogP) is 2.43. The van der Waals surface area contributed by atoms with Crippen LogP contribution in [0.4, 0.5) is 0 Å². The molecule has 0 aromatic carbocycles. The fraction of sp³-hybridized carbons (Fsp3) is 0.647. The average molecular weight is 348 g/mol. The van der Waals surface area contributed by atoms with Crippen LogP contribution >= 0.6 is 0 Å². The lowest BCUT2D eigenvalue weighted by Gasteiger charge is -2.35. The van der Waals surface area contributed by atoms with Crippen LogP contribution in [-0.4, -0.2) is 45.2 Å². The predicted molar refractivity (Wildman–Crippen MR) is 92.3 cm³/mol. The van der Waals surface area contributed by atoms with Crippen LogP contribution in [0.2, 0.25) is 0 Å². The Morgan fingerprint density at radius 2 is 2.04 bits per heavy atom. The summed E-state index contributed by atoms with van der Waals surface area (Å²) < 4.78 is 29.5. The van der Waals surface area contributed by atoms with E-state index < -0.39 is 14.8 Å². The number of rotatable bonds is 4. The molecule has 2 aromatic rings. The fourth-order valence-electron chi connectivity index (χ4n) is 4.02. The maximum absolute atomic E-state index is 13.2. The maximum atomic E-state index is 13.2. The zero-order valence-corrected chi connectivity index (χ0v) is 15.0. The van der Waals surface area contributed by atoms with Crippen molar-refractivity contribution in [1.29, 1.82) is 0 Å². The van der Waals surface area contributed by atoms with Gasteiger partial charge < -0.3 is 0 Å². The highest BCUT2D eigenvalue weighted by Crippen LogP contribution is 2.51. The molecule has 1 aliphatic heterocycles. The molecule has 1 saturated carbocycles. The van der Waals surface area contributed by atoms with Crippen molar-refractivity contribution < 1.29 is 8.42 Å². The van der Waals surface area contributed by atoms with Crippen LogP contribution in [0.15, 0.2) is 24.4 Å². The van der Waals surface area contributed by atoms with Gasteiger partial charge in [0.15, 0.2) is 5.65 Å². The van der Waals surface area contributed by atoms with E-state index in [4.69, 9.17) is 0 Å². The Kier molecular flexibility index (Phi) is 3.69. The number of hydrogen-bond donors (Lipinski definition) is 0. The summed E-state index contributed by atoms with van der Waals surface area (Å²) in [5.74, 6) is 1.14. The third kappa shape index (κ3) is 2.29. The van der Waals surface area contributed by atoms with Gasteiger partial charge in [0, 0.05) is 25.2 Å². The molecule has 3 heterocycles. The third-order valence-electron chi connectivity index (χ3n) is 5.74. The van der Waals surface area contributed by atoms with Gasteiger partial charge in [0.1, 0.15) is 5.82 Å². The molecule has 0 spiro atoms. The average Bonchev–Trinajstić information content (AvgIpc) is 3.30. The van der Waals surface area contributed by atoms with Crippen LogP contribution < -0.4 is 0 Å². The zero-order chi connectivity index (χ0) is 16.9. The molecular formula is C17H24N4O2S. The van der Waals surface area contributed by atoms with E-state index in [1.54, 1.807) is 4.31 Å². The van der Waals surface area contributed by atoms with Crippen LogP contribution in [0.5, 0.6) is 0 Å². The number of nitrogens with zero attached hydrogens (tertiary/aromatic N) is 4. The van der Waals surface area contributed by atoms with Gasteiger partial charge >= 0.3 is 0 Å². The van der Waals surface area contributed by atoms with Crippen molar-refractivity contribution in [3.63, 3.8) is 0 Å². The molecule has 0 amide bonds. The number of fused-ring (bicyclic) bond motifs is 1. The first kappa shape index (κ1) is 16.0. The molecule has 1 aliphatic carbocycles. The van der Waals surface area contributed by atoms with Gasteiger partial charge in [0.25, 0.3) is 0 Å². The molecule has 1 unspecified atom stereocenters. The van der Waals surface area contributed by atoms with Crippen LogP contribution in [0.3, 0.4) is 0 Å². The van der Waals surface area contributed by atoms with E-state index in [1.807, 2.05) is 42.6 Å². The van der Waals surface area contributed by atoms with Crippen LogP contribution in [-0.2, 0) is 10.0 Å². The normalized spacial score (nSPS) is 24.5. The van der Waals surface area contributed by atoms with Gasteiger partial charge in [-0.1, -0.05) is 19.9 Å². The Morgan fingerprint density at radius 3 is 2.75 bits per heavy atom. The molecule has 0 N–H and O–H groups in total. The number of sulfonamides is 1. The van der Waals surface area contributed by atoms with Gasteiger partial charge in [-0.05, 0) is 43.7 Å². The molecule has 2 aliphatic rings. The smallest absolute Gasteiger partial charge is 0.220 e. The number of piperidine rings is 1. The first-order valence-corrected chi connectivity index (χ1v) is 10.2. The first-order chi connectivity index (χ1) is 11.5. The van der Waals surface area contributed by atoms with Crippen LogP contribution in [0, 0.1) is 5.92 Å². The van der Waals surface area contributed by atoms with E-state index >= 15 is 0 Å². The molecule has 2 aromatic heterocycles.